The molecule has 0 spiro atoms. The van der Waals surface area contributed by atoms with E-state index in [2.05, 4.69) is 55.6 Å². The Kier molecular flexibility index (Phi) is 71.9. The number of rotatable bonds is 72. The van der Waals surface area contributed by atoms with Crippen LogP contribution in [-0.2, 0) is 14.3 Å². The van der Waals surface area contributed by atoms with Crippen molar-refractivity contribution in [1.82, 2.24) is 5.32 Å². The Bertz CT molecular complexity index is 1360. The molecule has 84 heavy (non-hydrogen) atoms. The molecule has 0 aliphatic rings. The molecule has 0 saturated heterocycles. The summed E-state index contributed by atoms with van der Waals surface area (Å²) < 4.78 is 5.49. The van der Waals surface area contributed by atoms with E-state index in [-0.39, 0.29) is 18.5 Å². The van der Waals surface area contributed by atoms with Crippen molar-refractivity contribution >= 4 is 11.9 Å². The number of hydrogen-bond donors (Lipinski definition) is 3. The van der Waals surface area contributed by atoms with Crippen molar-refractivity contribution in [3.05, 3.63) is 36.5 Å². The van der Waals surface area contributed by atoms with E-state index >= 15 is 0 Å². The molecule has 0 aliphatic heterocycles. The topological polar surface area (TPSA) is 95.9 Å². The molecule has 0 aromatic heterocycles. The van der Waals surface area contributed by atoms with Crippen molar-refractivity contribution < 1.29 is 24.5 Å². The molecule has 1 amide bonds. The van der Waals surface area contributed by atoms with E-state index < -0.39 is 12.1 Å². The summed E-state index contributed by atoms with van der Waals surface area (Å²) in [6.07, 6.45) is 95.2. The van der Waals surface area contributed by atoms with Crippen molar-refractivity contribution in [3.8, 4) is 0 Å². The fourth-order valence-electron chi connectivity index (χ4n) is 12.1. The zero-order valence-electron chi connectivity index (χ0n) is 56.9. The first-order chi connectivity index (χ1) is 41.5. The van der Waals surface area contributed by atoms with Gasteiger partial charge in [-0.3, -0.25) is 9.59 Å². The van der Waals surface area contributed by atoms with Crippen LogP contribution < -0.4 is 5.32 Å². The van der Waals surface area contributed by atoms with Crippen molar-refractivity contribution in [3.63, 3.8) is 0 Å². The number of carbonyl (C=O) groups is 2. The van der Waals surface area contributed by atoms with Gasteiger partial charge in [0, 0.05) is 12.8 Å². The molecule has 0 rings (SSSR count). The van der Waals surface area contributed by atoms with Gasteiger partial charge in [0.2, 0.25) is 5.91 Å². The van der Waals surface area contributed by atoms with E-state index in [1.807, 2.05) is 0 Å². The number of carbonyl (C=O) groups excluding carboxylic acids is 2. The van der Waals surface area contributed by atoms with Gasteiger partial charge < -0.3 is 20.3 Å². The maximum atomic E-state index is 12.5. The molecule has 2 unspecified atom stereocenters. The summed E-state index contributed by atoms with van der Waals surface area (Å²) in [4.78, 5) is 24.6. The highest BCUT2D eigenvalue weighted by Gasteiger charge is 2.20. The molecule has 0 fully saturated rings. The van der Waals surface area contributed by atoms with Crippen molar-refractivity contribution in [1.29, 1.82) is 0 Å². The molecule has 6 nitrogen and oxygen atoms in total. The summed E-state index contributed by atoms with van der Waals surface area (Å²) in [5, 5.41) is 23.3. The van der Waals surface area contributed by atoms with E-state index in [1.165, 1.54) is 340 Å². The predicted molar refractivity (Wildman–Crippen MR) is 370 cm³/mol. The summed E-state index contributed by atoms with van der Waals surface area (Å²) in [6, 6.07) is -0.537. The molecule has 0 bridgehead atoms. The van der Waals surface area contributed by atoms with E-state index in [0.717, 1.165) is 51.4 Å². The SMILES string of the molecule is CCCCC/C=C\C/C=C\CCCCCCCC(=O)OCCCCCCCCCCCCCCCCCCCC/C=C\CCCCCCCCCCCCCCCCCCCC(=O)NC(CO)C(O)CCCCCCCCCCCCCCC. The average Bonchev–Trinajstić information content (AvgIpc) is 3.54. The standard InChI is InChI=1S/C78H149NO5/c1-3-5-7-9-11-13-15-17-43-48-52-56-60-64-68-72-78(83)84-73-69-65-61-57-53-49-45-42-40-38-36-34-32-30-28-26-24-22-20-18-19-21-23-25-27-29-31-33-35-37-39-41-44-47-51-55-59-63-67-71-77(82)79-75(74-80)76(81)70-66-62-58-54-50-46-16-14-12-10-8-6-4-2/h11,13,17-19,43,75-76,80-81H,3-10,12,14-16,20-42,44-74H2,1-2H3,(H,79,82)/b13-11-,19-18-,43-17-. The highest BCUT2D eigenvalue weighted by atomic mass is 16.5. The first-order valence-corrected chi connectivity index (χ1v) is 38.2. The largest absolute Gasteiger partial charge is 0.466 e. The van der Waals surface area contributed by atoms with Gasteiger partial charge in [0.1, 0.15) is 0 Å². The van der Waals surface area contributed by atoms with Crippen LogP contribution in [0, 0.1) is 0 Å². The Morgan fingerprint density at radius 1 is 0.333 bits per heavy atom. The van der Waals surface area contributed by atoms with Gasteiger partial charge >= 0.3 is 5.97 Å². The van der Waals surface area contributed by atoms with E-state index in [9.17, 15) is 19.8 Å². The van der Waals surface area contributed by atoms with Gasteiger partial charge in [-0.25, -0.2) is 0 Å². The van der Waals surface area contributed by atoms with Crippen molar-refractivity contribution in [2.24, 2.45) is 0 Å². The van der Waals surface area contributed by atoms with Gasteiger partial charge in [-0.1, -0.05) is 365 Å². The zero-order chi connectivity index (χ0) is 60.6. The third-order valence-electron chi connectivity index (χ3n) is 17.9. The van der Waals surface area contributed by atoms with Crippen LogP contribution in [0.3, 0.4) is 0 Å². The summed E-state index contributed by atoms with van der Waals surface area (Å²) in [6.45, 7) is 4.95. The summed E-state index contributed by atoms with van der Waals surface area (Å²) in [5.74, 6) is -0.0196. The lowest BCUT2D eigenvalue weighted by atomic mass is 10.0. The minimum atomic E-state index is -0.660. The van der Waals surface area contributed by atoms with Crippen molar-refractivity contribution in [2.45, 2.75) is 437 Å². The second kappa shape index (κ2) is 73.5. The smallest absolute Gasteiger partial charge is 0.305 e. The van der Waals surface area contributed by atoms with Crippen LogP contribution in [0.25, 0.3) is 0 Å². The van der Waals surface area contributed by atoms with Crippen molar-refractivity contribution in [2.75, 3.05) is 13.2 Å². The molecule has 0 radical (unpaired) electrons. The number of hydrogen-bond acceptors (Lipinski definition) is 5. The number of esters is 1. The third-order valence-corrected chi connectivity index (χ3v) is 17.9. The third kappa shape index (κ3) is 69.2. The van der Waals surface area contributed by atoms with Crippen LogP contribution in [0.5, 0.6) is 0 Å². The van der Waals surface area contributed by atoms with Gasteiger partial charge in [-0.15, -0.1) is 0 Å². The summed E-state index contributed by atoms with van der Waals surface area (Å²) >= 11 is 0. The first-order valence-electron chi connectivity index (χ1n) is 38.2. The maximum Gasteiger partial charge on any atom is 0.305 e. The number of aliphatic hydroxyl groups excluding tert-OH is 2. The Hall–Kier alpha value is -1.92. The molecule has 3 N–H and O–H groups in total. The van der Waals surface area contributed by atoms with E-state index in [4.69, 9.17) is 4.74 Å². The highest BCUT2D eigenvalue weighted by Crippen LogP contribution is 2.19. The lowest BCUT2D eigenvalue weighted by Crippen LogP contribution is -2.45. The molecular formula is C78H149NO5. The molecule has 0 heterocycles. The molecule has 0 saturated carbocycles. The summed E-state index contributed by atoms with van der Waals surface area (Å²) in [7, 11) is 0. The Balaban J connectivity index is 3.31. The summed E-state index contributed by atoms with van der Waals surface area (Å²) in [5.41, 5.74) is 0. The van der Waals surface area contributed by atoms with Crippen LogP contribution in [-0.4, -0.2) is 47.4 Å². The second-order valence-corrected chi connectivity index (χ2v) is 26.3. The normalized spacial score (nSPS) is 12.7. The Morgan fingerprint density at radius 3 is 0.940 bits per heavy atom. The molecule has 0 aromatic carbocycles. The quantitative estimate of drug-likeness (QED) is 0.0320. The number of unbranched alkanes of at least 4 members (excludes halogenated alkanes) is 55. The average molecular weight is 1180 g/mol. The number of nitrogens with one attached hydrogen (secondary N) is 1. The minimum Gasteiger partial charge on any atom is -0.466 e. The van der Waals surface area contributed by atoms with Crippen LogP contribution in [0.1, 0.15) is 425 Å². The molecule has 6 heteroatoms. The van der Waals surface area contributed by atoms with E-state index in [0.29, 0.717) is 25.9 Å². The molecule has 496 valence electrons. The van der Waals surface area contributed by atoms with Crippen LogP contribution in [0.15, 0.2) is 36.5 Å². The Morgan fingerprint density at radius 2 is 0.595 bits per heavy atom. The number of aliphatic hydroxyl groups is 2. The Labute approximate surface area is 525 Å². The zero-order valence-corrected chi connectivity index (χ0v) is 56.9. The van der Waals surface area contributed by atoms with Gasteiger partial charge in [-0.05, 0) is 83.5 Å². The lowest BCUT2D eigenvalue weighted by Gasteiger charge is -2.22. The van der Waals surface area contributed by atoms with Gasteiger partial charge in [-0.2, -0.15) is 0 Å². The lowest BCUT2D eigenvalue weighted by molar-refractivity contribution is -0.143. The molecule has 0 aromatic rings. The fraction of sp³-hybridized carbons (Fsp3) is 0.897. The minimum absolute atomic E-state index is 0.00880. The fourth-order valence-corrected chi connectivity index (χ4v) is 12.1. The van der Waals surface area contributed by atoms with Crippen LogP contribution in [0.4, 0.5) is 0 Å². The van der Waals surface area contributed by atoms with Crippen LogP contribution in [0.2, 0.25) is 0 Å². The van der Waals surface area contributed by atoms with Gasteiger partial charge in [0.25, 0.3) is 0 Å². The maximum absolute atomic E-state index is 12.5. The predicted octanol–water partition coefficient (Wildman–Crippen LogP) is 25.0. The molecule has 0 aliphatic carbocycles. The van der Waals surface area contributed by atoms with E-state index in [1.54, 1.807) is 0 Å². The number of ether oxygens (including phenoxy) is 1. The van der Waals surface area contributed by atoms with Gasteiger partial charge in [0.05, 0.1) is 25.4 Å². The second-order valence-electron chi connectivity index (χ2n) is 26.3. The molecule has 2 atom stereocenters. The highest BCUT2D eigenvalue weighted by molar-refractivity contribution is 5.76. The monoisotopic (exact) mass is 1180 g/mol. The number of amides is 1. The first kappa shape index (κ1) is 82.1. The van der Waals surface area contributed by atoms with Gasteiger partial charge in [0.15, 0.2) is 0 Å². The number of allylic oxidation sites excluding steroid dienone is 6. The van der Waals surface area contributed by atoms with Crippen LogP contribution >= 0.6 is 0 Å². The molecular weight excluding hydrogens is 1030 g/mol.